The molecule has 0 unspecified atom stereocenters. The van der Waals surface area contributed by atoms with Crippen molar-refractivity contribution >= 4 is 29.0 Å². The van der Waals surface area contributed by atoms with Crippen molar-refractivity contribution < 1.29 is 14.3 Å². The molecule has 3 N–H and O–H groups in total. The zero-order chi connectivity index (χ0) is 23.8. The van der Waals surface area contributed by atoms with E-state index in [1.165, 1.54) is 5.69 Å². The van der Waals surface area contributed by atoms with Gasteiger partial charge in [0.05, 0.1) is 18.5 Å². The molecule has 1 aliphatic heterocycles. The van der Waals surface area contributed by atoms with E-state index in [0.29, 0.717) is 35.2 Å². The number of amides is 3. The molecule has 3 amide bonds. The number of piperidine rings is 1. The zero-order valence-corrected chi connectivity index (χ0v) is 19.2. The van der Waals surface area contributed by atoms with Crippen LogP contribution in [0.3, 0.4) is 0 Å². The summed E-state index contributed by atoms with van der Waals surface area (Å²) in [6.07, 6.45) is 5.64. The maximum atomic E-state index is 12.6. The number of rotatable bonds is 7. The van der Waals surface area contributed by atoms with E-state index in [-0.39, 0.29) is 11.9 Å². The molecule has 3 aromatic rings. The molecule has 1 fully saturated rings. The summed E-state index contributed by atoms with van der Waals surface area (Å²) in [7, 11) is 1.58. The van der Waals surface area contributed by atoms with Gasteiger partial charge in [-0.15, -0.1) is 0 Å². The van der Waals surface area contributed by atoms with Crippen LogP contribution in [0.4, 0.5) is 21.9 Å². The molecule has 1 aliphatic rings. The predicted octanol–water partition coefficient (Wildman–Crippen LogP) is 4.38. The van der Waals surface area contributed by atoms with E-state index in [9.17, 15) is 9.59 Å². The Balaban J connectivity index is 1.27. The minimum Gasteiger partial charge on any atom is -0.497 e. The summed E-state index contributed by atoms with van der Waals surface area (Å²) in [5.41, 5.74) is 2.75. The number of anilines is 3. The van der Waals surface area contributed by atoms with Gasteiger partial charge >= 0.3 is 6.03 Å². The average molecular weight is 460 g/mol. The molecule has 0 saturated carbocycles. The van der Waals surface area contributed by atoms with Gasteiger partial charge in [-0.3, -0.25) is 9.78 Å². The molecule has 2 aromatic carbocycles. The molecular formula is C26H29N5O3. The highest BCUT2D eigenvalue weighted by molar-refractivity contribution is 6.07. The van der Waals surface area contributed by atoms with Crippen LogP contribution in [0, 0.1) is 5.92 Å². The smallest absolute Gasteiger partial charge is 0.319 e. The topological polar surface area (TPSA) is 95.6 Å². The van der Waals surface area contributed by atoms with Gasteiger partial charge in [0, 0.05) is 43.3 Å². The van der Waals surface area contributed by atoms with Crippen LogP contribution in [-0.4, -0.2) is 43.7 Å². The number of pyridine rings is 1. The Labute approximate surface area is 199 Å². The quantitative estimate of drug-likeness (QED) is 0.487. The number of carbonyl (C=O) groups is 2. The maximum absolute atomic E-state index is 12.6. The van der Waals surface area contributed by atoms with Gasteiger partial charge in [0.25, 0.3) is 5.91 Å². The lowest BCUT2D eigenvalue weighted by Crippen LogP contribution is -2.39. The highest BCUT2D eigenvalue weighted by Gasteiger charge is 2.20. The van der Waals surface area contributed by atoms with Crippen LogP contribution in [0.1, 0.15) is 23.2 Å². The number of nitrogens with zero attached hydrogens (tertiary/aromatic N) is 2. The molecular weight excluding hydrogens is 430 g/mol. The van der Waals surface area contributed by atoms with Crippen molar-refractivity contribution in [3.63, 3.8) is 0 Å². The van der Waals surface area contributed by atoms with Crippen LogP contribution in [0.15, 0.2) is 73.1 Å². The normalized spacial score (nSPS) is 13.7. The first kappa shape index (κ1) is 23.1. The Hall–Kier alpha value is -4.07. The molecule has 2 heterocycles. The molecule has 8 heteroatoms. The lowest BCUT2D eigenvalue weighted by molar-refractivity contribution is 0.102. The van der Waals surface area contributed by atoms with E-state index in [1.54, 1.807) is 43.5 Å². The summed E-state index contributed by atoms with van der Waals surface area (Å²) in [5.74, 6) is 0.838. The summed E-state index contributed by atoms with van der Waals surface area (Å²) in [5, 5.41) is 8.70. The van der Waals surface area contributed by atoms with Crippen LogP contribution in [0.25, 0.3) is 0 Å². The number of hydrogen-bond donors (Lipinski definition) is 3. The first-order chi connectivity index (χ1) is 16.6. The Bertz CT molecular complexity index is 1100. The van der Waals surface area contributed by atoms with Crippen molar-refractivity contribution in [2.75, 3.05) is 42.3 Å². The van der Waals surface area contributed by atoms with Crippen LogP contribution in [0.5, 0.6) is 5.75 Å². The number of para-hydroxylation sites is 2. The number of nitrogens with one attached hydrogen (secondary N) is 3. The monoisotopic (exact) mass is 459 g/mol. The molecule has 0 bridgehead atoms. The molecule has 0 atom stereocenters. The van der Waals surface area contributed by atoms with Gasteiger partial charge in [-0.05, 0) is 67.3 Å². The van der Waals surface area contributed by atoms with Gasteiger partial charge in [-0.2, -0.15) is 0 Å². The predicted molar refractivity (Wildman–Crippen MR) is 134 cm³/mol. The Morgan fingerprint density at radius 1 is 0.941 bits per heavy atom. The van der Waals surface area contributed by atoms with Crippen molar-refractivity contribution in [2.45, 2.75) is 12.8 Å². The van der Waals surface area contributed by atoms with Crippen molar-refractivity contribution in [1.82, 2.24) is 10.3 Å². The van der Waals surface area contributed by atoms with E-state index in [2.05, 4.69) is 25.8 Å². The van der Waals surface area contributed by atoms with Crippen molar-refractivity contribution in [1.29, 1.82) is 0 Å². The van der Waals surface area contributed by atoms with Crippen LogP contribution >= 0.6 is 0 Å². The molecule has 34 heavy (non-hydrogen) atoms. The standard InChI is InChI=1S/C26H29N5O3/c1-34-22-8-6-20(7-9-22)25(32)29-23-4-2-3-5-24(23)30-26(33)28-18-19-12-16-31(17-13-19)21-10-14-27-15-11-21/h2-11,14-15,19H,12-13,16-18H2,1H3,(H,29,32)(H2,28,30,33). The van der Waals surface area contributed by atoms with E-state index in [0.717, 1.165) is 25.9 Å². The first-order valence-corrected chi connectivity index (χ1v) is 11.4. The third kappa shape index (κ3) is 6.04. The fraction of sp³-hybridized carbons (Fsp3) is 0.269. The highest BCUT2D eigenvalue weighted by atomic mass is 16.5. The van der Waals surface area contributed by atoms with Gasteiger partial charge in [0.15, 0.2) is 0 Å². The molecule has 8 nitrogen and oxygen atoms in total. The molecule has 0 radical (unpaired) electrons. The van der Waals surface area contributed by atoms with Gasteiger partial charge in [0.2, 0.25) is 0 Å². The van der Waals surface area contributed by atoms with Crippen molar-refractivity contribution in [2.24, 2.45) is 5.92 Å². The number of methoxy groups -OCH3 is 1. The van der Waals surface area contributed by atoms with Gasteiger partial charge in [-0.1, -0.05) is 12.1 Å². The second-order valence-electron chi connectivity index (χ2n) is 8.20. The molecule has 1 saturated heterocycles. The fourth-order valence-corrected chi connectivity index (χ4v) is 3.99. The summed E-state index contributed by atoms with van der Waals surface area (Å²) in [6.45, 7) is 2.52. The zero-order valence-electron chi connectivity index (χ0n) is 19.2. The lowest BCUT2D eigenvalue weighted by atomic mass is 9.96. The second-order valence-corrected chi connectivity index (χ2v) is 8.20. The first-order valence-electron chi connectivity index (χ1n) is 11.4. The Kier molecular flexibility index (Phi) is 7.60. The summed E-state index contributed by atoms with van der Waals surface area (Å²) in [6, 6.07) is 17.7. The molecule has 176 valence electrons. The minimum absolute atomic E-state index is 0.265. The van der Waals surface area contributed by atoms with E-state index in [4.69, 9.17) is 4.74 Å². The van der Waals surface area contributed by atoms with E-state index >= 15 is 0 Å². The summed E-state index contributed by atoms with van der Waals surface area (Å²) >= 11 is 0. The van der Waals surface area contributed by atoms with E-state index < -0.39 is 0 Å². The third-order valence-corrected chi connectivity index (χ3v) is 5.97. The van der Waals surface area contributed by atoms with Crippen molar-refractivity contribution in [3.8, 4) is 5.75 Å². The number of benzene rings is 2. The minimum atomic E-state index is -0.289. The number of urea groups is 1. The number of aromatic nitrogens is 1. The average Bonchev–Trinajstić information content (AvgIpc) is 2.89. The molecule has 1 aromatic heterocycles. The second kappa shape index (κ2) is 11.2. The van der Waals surface area contributed by atoms with E-state index in [1.807, 2.05) is 36.7 Å². The maximum Gasteiger partial charge on any atom is 0.319 e. The summed E-state index contributed by atoms with van der Waals surface area (Å²) < 4.78 is 5.13. The highest BCUT2D eigenvalue weighted by Crippen LogP contribution is 2.24. The van der Waals surface area contributed by atoms with Gasteiger partial charge in [-0.25, -0.2) is 4.79 Å². The third-order valence-electron chi connectivity index (χ3n) is 5.97. The number of hydrogen-bond acceptors (Lipinski definition) is 5. The molecule has 4 rings (SSSR count). The number of ether oxygens (including phenoxy) is 1. The lowest BCUT2D eigenvalue weighted by Gasteiger charge is -2.33. The molecule has 0 spiro atoms. The SMILES string of the molecule is COc1ccc(C(=O)Nc2ccccc2NC(=O)NCC2CCN(c3ccncc3)CC2)cc1. The fourth-order valence-electron chi connectivity index (χ4n) is 3.99. The van der Waals surface area contributed by atoms with Gasteiger partial charge in [0.1, 0.15) is 5.75 Å². The summed E-state index contributed by atoms with van der Waals surface area (Å²) in [4.78, 5) is 31.6. The molecule has 0 aliphatic carbocycles. The number of carbonyl (C=O) groups excluding carboxylic acids is 2. The van der Waals surface area contributed by atoms with Crippen LogP contribution in [-0.2, 0) is 0 Å². The van der Waals surface area contributed by atoms with Crippen molar-refractivity contribution in [3.05, 3.63) is 78.6 Å². The van der Waals surface area contributed by atoms with Crippen LogP contribution in [0.2, 0.25) is 0 Å². The Morgan fingerprint density at radius 2 is 1.59 bits per heavy atom. The largest absolute Gasteiger partial charge is 0.497 e. The Morgan fingerprint density at radius 3 is 2.24 bits per heavy atom. The van der Waals surface area contributed by atoms with Crippen LogP contribution < -0.4 is 25.6 Å². The van der Waals surface area contributed by atoms with Gasteiger partial charge < -0.3 is 25.6 Å².